The highest BCUT2D eigenvalue weighted by Crippen LogP contribution is 2.28. The minimum atomic E-state index is -3.74. The van der Waals surface area contributed by atoms with E-state index in [9.17, 15) is 18.0 Å². The van der Waals surface area contributed by atoms with E-state index in [1.807, 2.05) is 13.8 Å². The molecule has 2 unspecified atom stereocenters. The molecule has 3 rings (SSSR count). The van der Waals surface area contributed by atoms with Gasteiger partial charge in [-0.05, 0) is 55.5 Å². The van der Waals surface area contributed by atoms with Crippen molar-refractivity contribution in [3.63, 3.8) is 0 Å². The molecule has 1 aliphatic heterocycles. The van der Waals surface area contributed by atoms with Gasteiger partial charge in [-0.15, -0.1) is 0 Å². The van der Waals surface area contributed by atoms with E-state index in [4.69, 9.17) is 9.47 Å². The van der Waals surface area contributed by atoms with Crippen LogP contribution >= 0.6 is 0 Å². The molecule has 0 spiro atoms. The van der Waals surface area contributed by atoms with Crippen molar-refractivity contribution in [2.45, 2.75) is 32.1 Å². The number of esters is 1. The van der Waals surface area contributed by atoms with E-state index in [1.54, 1.807) is 6.07 Å². The first-order valence-electron chi connectivity index (χ1n) is 10.1. The van der Waals surface area contributed by atoms with Crippen molar-refractivity contribution in [2.75, 3.05) is 20.2 Å². The number of carbonyl (C=O) groups excluding carboxylic acids is 2. The van der Waals surface area contributed by atoms with Gasteiger partial charge >= 0.3 is 5.97 Å². The zero-order chi connectivity index (χ0) is 22.8. The van der Waals surface area contributed by atoms with Crippen molar-refractivity contribution >= 4 is 21.8 Å². The summed E-state index contributed by atoms with van der Waals surface area (Å²) < 4.78 is 38.4. The van der Waals surface area contributed by atoms with Crippen LogP contribution in [0.15, 0.2) is 47.4 Å². The Bertz CT molecular complexity index is 1080. The van der Waals surface area contributed by atoms with Crippen LogP contribution in [0.5, 0.6) is 11.5 Å². The highest BCUT2D eigenvalue weighted by molar-refractivity contribution is 7.89. The summed E-state index contributed by atoms with van der Waals surface area (Å²) in [6.45, 7) is 6.34. The van der Waals surface area contributed by atoms with Crippen LogP contribution in [0.2, 0.25) is 0 Å². The number of hydrogen-bond donors (Lipinski definition) is 0. The standard InChI is InChI=1S/C23H27NO6S/c1-15-10-16(2)14-24(13-15)31(27,28)20-7-5-6-18(11-20)23(26)30-22-12-19(29-4)8-9-21(22)17(3)25/h5-9,11-12,15-16H,10,13-14H2,1-4H3. The van der Waals surface area contributed by atoms with Crippen molar-refractivity contribution in [1.29, 1.82) is 0 Å². The Morgan fingerprint density at radius 1 is 1.03 bits per heavy atom. The minimum Gasteiger partial charge on any atom is -0.497 e. The fourth-order valence-electron chi connectivity index (χ4n) is 3.90. The monoisotopic (exact) mass is 445 g/mol. The minimum absolute atomic E-state index is 0.0423. The third-order valence-corrected chi connectivity index (χ3v) is 7.14. The summed E-state index contributed by atoms with van der Waals surface area (Å²) in [5, 5.41) is 0. The number of Topliss-reactive ketones (excluding diaryl/α,β-unsaturated/α-hetero) is 1. The largest absolute Gasteiger partial charge is 0.497 e. The maximum atomic E-state index is 13.2. The number of carbonyl (C=O) groups is 2. The summed E-state index contributed by atoms with van der Waals surface area (Å²) in [5.41, 5.74) is 0.311. The zero-order valence-corrected chi connectivity index (χ0v) is 18.9. The molecule has 1 aliphatic rings. The molecule has 2 aromatic rings. The predicted molar refractivity (Wildman–Crippen MR) is 116 cm³/mol. The van der Waals surface area contributed by atoms with Gasteiger partial charge in [0.2, 0.25) is 10.0 Å². The van der Waals surface area contributed by atoms with Gasteiger partial charge in [0.05, 0.1) is 23.1 Å². The quantitative estimate of drug-likeness (QED) is 0.382. The van der Waals surface area contributed by atoms with Crippen molar-refractivity contribution in [1.82, 2.24) is 4.31 Å². The van der Waals surface area contributed by atoms with Gasteiger partial charge in [-0.2, -0.15) is 4.31 Å². The number of piperidine rings is 1. The Kier molecular flexibility index (Phi) is 6.81. The van der Waals surface area contributed by atoms with Gasteiger partial charge < -0.3 is 9.47 Å². The molecule has 0 bridgehead atoms. The smallest absolute Gasteiger partial charge is 0.343 e. The average Bonchev–Trinajstić information content (AvgIpc) is 2.72. The fraction of sp³-hybridized carbons (Fsp3) is 0.391. The Balaban J connectivity index is 1.88. The summed E-state index contributed by atoms with van der Waals surface area (Å²) in [5.74, 6) is -0.000897. The lowest BCUT2D eigenvalue weighted by molar-refractivity contribution is 0.0732. The van der Waals surface area contributed by atoms with Crippen molar-refractivity contribution < 1.29 is 27.5 Å². The second-order valence-electron chi connectivity index (χ2n) is 8.10. The number of benzene rings is 2. The summed E-state index contributed by atoms with van der Waals surface area (Å²) in [6, 6.07) is 10.4. The molecule has 166 valence electrons. The van der Waals surface area contributed by atoms with Crippen LogP contribution in [-0.2, 0) is 10.0 Å². The van der Waals surface area contributed by atoms with Gasteiger partial charge in [-0.3, -0.25) is 4.79 Å². The first kappa shape index (κ1) is 23.0. The Hall–Kier alpha value is -2.71. The summed E-state index contributed by atoms with van der Waals surface area (Å²) in [4.78, 5) is 24.7. The molecule has 8 heteroatoms. The molecule has 0 saturated carbocycles. The highest BCUT2D eigenvalue weighted by Gasteiger charge is 2.32. The van der Waals surface area contributed by atoms with E-state index in [0.29, 0.717) is 18.8 Å². The van der Waals surface area contributed by atoms with E-state index in [0.717, 1.165) is 6.42 Å². The lowest BCUT2D eigenvalue weighted by atomic mass is 9.94. The van der Waals surface area contributed by atoms with Crippen molar-refractivity contribution in [3.8, 4) is 11.5 Å². The molecule has 31 heavy (non-hydrogen) atoms. The number of rotatable bonds is 6. The lowest BCUT2D eigenvalue weighted by Crippen LogP contribution is -2.42. The summed E-state index contributed by atoms with van der Waals surface area (Å²) in [6.07, 6.45) is 0.984. The van der Waals surface area contributed by atoms with Gasteiger partial charge in [0.1, 0.15) is 11.5 Å². The van der Waals surface area contributed by atoms with E-state index in [-0.39, 0.29) is 39.4 Å². The van der Waals surface area contributed by atoms with E-state index in [2.05, 4.69) is 0 Å². The number of ketones is 1. The molecule has 7 nitrogen and oxygen atoms in total. The molecular formula is C23H27NO6S. The first-order chi connectivity index (χ1) is 14.6. The van der Waals surface area contributed by atoms with Crippen LogP contribution in [0.4, 0.5) is 0 Å². The predicted octanol–water partition coefficient (Wildman–Crippen LogP) is 3.78. The third-order valence-electron chi connectivity index (χ3n) is 5.31. The number of hydrogen-bond acceptors (Lipinski definition) is 6. The molecule has 2 aromatic carbocycles. The van der Waals surface area contributed by atoms with Crippen LogP contribution in [0.25, 0.3) is 0 Å². The Labute approximate surface area is 183 Å². The number of nitrogens with zero attached hydrogens (tertiary/aromatic N) is 1. The Morgan fingerprint density at radius 3 is 2.32 bits per heavy atom. The molecule has 0 radical (unpaired) electrons. The van der Waals surface area contributed by atoms with E-state index < -0.39 is 16.0 Å². The van der Waals surface area contributed by atoms with E-state index in [1.165, 1.54) is 54.7 Å². The van der Waals surface area contributed by atoms with Crippen LogP contribution < -0.4 is 9.47 Å². The van der Waals surface area contributed by atoms with Crippen molar-refractivity contribution in [2.24, 2.45) is 11.8 Å². The molecule has 0 N–H and O–H groups in total. The molecule has 1 fully saturated rings. The topological polar surface area (TPSA) is 90.0 Å². The maximum Gasteiger partial charge on any atom is 0.343 e. The molecule has 1 saturated heterocycles. The fourth-order valence-corrected chi connectivity index (χ4v) is 5.62. The van der Waals surface area contributed by atoms with Gasteiger partial charge in [0, 0.05) is 19.2 Å². The molecule has 2 atom stereocenters. The third kappa shape index (κ3) is 5.14. The summed E-state index contributed by atoms with van der Waals surface area (Å²) >= 11 is 0. The van der Waals surface area contributed by atoms with E-state index >= 15 is 0 Å². The SMILES string of the molecule is COc1ccc(C(C)=O)c(OC(=O)c2cccc(S(=O)(=O)N3CC(C)CC(C)C3)c2)c1. The molecule has 0 aliphatic carbocycles. The zero-order valence-electron chi connectivity index (χ0n) is 18.1. The molecule has 0 aromatic heterocycles. The number of ether oxygens (including phenoxy) is 2. The van der Waals surface area contributed by atoms with Crippen LogP contribution in [-0.4, -0.2) is 44.7 Å². The maximum absolute atomic E-state index is 13.2. The normalized spacial score (nSPS) is 19.6. The van der Waals surface area contributed by atoms with Gasteiger partial charge in [-0.1, -0.05) is 19.9 Å². The molecule has 0 amide bonds. The molecule has 1 heterocycles. The van der Waals surface area contributed by atoms with Gasteiger partial charge in [0.15, 0.2) is 5.78 Å². The van der Waals surface area contributed by atoms with Gasteiger partial charge in [0.25, 0.3) is 0 Å². The van der Waals surface area contributed by atoms with Gasteiger partial charge in [-0.25, -0.2) is 13.2 Å². The summed E-state index contributed by atoms with van der Waals surface area (Å²) in [7, 11) is -2.27. The Morgan fingerprint density at radius 2 is 1.71 bits per heavy atom. The number of sulfonamides is 1. The van der Waals surface area contributed by atoms with Crippen LogP contribution in [0, 0.1) is 11.8 Å². The van der Waals surface area contributed by atoms with Crippen molar-refractivity contribution in [3.05, 3.63) is 53.6 Å². The van der Waals surface area contributed by atoms with Crippen LogP contribution in [0.1, 0.15) is 47.9 Å². The highest BCUT2D eigenvalue weighted by atomic mass is 32.2. The average molecular weight is 446 g/mol. The number of methoxy groups -OCH3 is 1. The lowest BCUT2D eigenvalue weighted by Gasteiger charge is -2.34. The van der Waals surface area contributed by atoms with Crippen LogP contribution in [0.3, 0.4) is 0 Å². The first-order valence-corrected chi connectivity index (χ1v) is 11.6. The second-order valence-corrected chi connectivity index (χ2v) is 10.0. The second kappa shape index (κ2) is 9.20. The molecular weight excluding hydrogens is 418 g/mol.